The molecule has 0 spiro atoms. The molecule has 1 N–H and O–H groups in total. The van der Waals surface area contributed by atoms with Crippen molar-refractivity contribution in [1.82, 2.24) is 0 Å². The summed E-state index contributed by atoms with van der Waals surface area (Å²) in [6.45, 7) is 7.64. The SMILES string of the molecule is CC1(C)OB(c2cccc(S(=O)(=O)c3ccc(NC(=O)OCc4ccccc4)c(F)c3)c2)OC1(C)C. The second-order valence-corrected chi connectivity index (χ2v) is 11.4. The van der Waals surface area contributed by atoms with Crippen LogP contribution in [0.4, 0.5) is 14.9 Å². The van der Waals surface area contributed by atoms with Crippen molar-refractivity contribution < 1.29 is 31.6 Å². The van der Waals surface area contributed by atoms with Crippen LogP contribution in [0.3, 0.4) is 0 Å². The Labute approximate surface area is 210 Å². The molecule has 3 aromatic carbocycles. The summed E-state index contributed by atoms with van der Waals surface area (Å²) in [7, 11) is -4.80. The minimum Gasteiger partial charge on any atom is -0.444 e. The van der Waals surface area contributed by atoms with Gasteiger partial charge in [-0.25, -0.2) is 17.6 Å². The van der Waals surface area contributed by atoms with Crippen LogP contribution in [-0.4, -0.2) is 32.8 Å². The quantitative estimate of drug-likeness (QED) is 0.483. The fraction of sp³-hybridized carbons (Fsp3) is 0.269. The van der Waals surface area contributed by atoms with Gasteiger partial charge in [-0.3, -0.25) is 5.32 Å². The number of rotatable bonds is 6. The second kappa shape index (κ2) is 9.69. The minimum absolute atomic E-state index is 0.0138. The molecular formula is C26H27BFNO6S. The van der Waals surface area contributed by atoms with Crippen molar-refractivity contribution in [2.45, 2.75) is 55.3 Å². The van der Waals surface area contributed by atoms with Crippen LogP contribution in [0, 0.1) is 5.82 Å². The minimum atomic E-state index is -4.06. The summed E-state index contributed by atoms with van der Waals surface area (Å²) < 4.78 is 58.3. The molecular weight excluding hydrogens is 484 g/mol. The Morgan fingerprint density at radius 3 is 2.19 bits per heavy atom. The van der Waals surface area contributed by atoms with Crippen LogP contribution < -0.4 is 10.8 Å². The van der Waals surface area contributed by atoms with Gasteiger partial charge in [0.25, 0.3) is 0 Å². The van der Waals surface area contributed by atoms with Crippen molar-refractivity contribution in [2.24, 2.45) is 0 Å². The molecule has 4 rings (SSSR count). The average molecular weight is 511 g/mol. The standard InChI is InChI=1S/C26H27BFNO6S/c1-25(2)26(3,4)35-27(34-25)19-11-8-12-20(15-19)36(31,32)21-13-14-23(22(28)16-21)29-24(30)33-17-18-9-6-5-7-10-18/h5-16H,17H2,1-4H3,(H,29,30). The van der Waals surface area contributed by atoms with E-state index in [0.29, 0.717) is 5.46 Å². The maximum absolute atomic E-state index is 14.7. The van der Waals surface area contributed by atoms with Gasteiger partial charge in [-0.15, -0.1) is 0 Å². The van der Waals surface area contributed by atoms with Crippen LogP contribution >= 0.6 is 0 Å². The van der Waals surface area contributed by atoms with E-state index in [1.54, 1.807) is 36.4 Å². The van der Waals surface area contributed by atoms with Crippen LogP contribution in [0.2, 0.25) is 0 Å². The molecule has 0 aliphatic carbocycles. The maximum atomic E-state index is 14.7. The lowest BCUT2D eigenvalue weighted by Crippen LogP contribution is -2.41. The highest BCUT2D eigenvalue weighted by Crippen LogP contribution is 2.36. The molecule has 0 unspecified atom stereocenters. The van der Waals surface area contributed by atoms with Gasteiger partial charge in [0.2, 0.25) is 9.84 Å². The van der Waals surface area contributed by atoms with Gasteiger partial charge in [0.1, 0.15) is 12.4 Å². The number of benzene rings is 3. The van der Waals surface area contributed by atoms with Gasteiger partial charge in [0.05, 0.1) is 26.7 Å². The first-order chi connectivity index (χ1) is 16.9. The van der Waals surface area contributed by atoms with Crippen molar-refractivity contribution in [1.29, 1.82) is 0 Å². The number of ether oxygens (including phenoxy) is 1. The molecule has 10 heteroatoms. The third kappa shape index (κ3) is 5.30. The van der Waals surface area contributed by atoms with Crippen molar-refractivity contribution >= 4 is 34.2 Å². The fourth-order valence-corrected chi connectivity index (χ4v) is 4.90. The van der Waals surface area contributed by atoms with Crippen LogP contribution in [0.1, 0.15) is 33.3 Å². The zero-order valence-electron chi connectivity index (χ0n) is 20.4. The molecule has 1 heterocycles. The van der Waals surface area contributed by atoms with E-state index in [0.717, 1.165) is 11.6 Å². The van der Waals surface area contributed by atoms with Gasteiger partial charge < -0.3 is 14.0 Å². The number of sulfone groups is 1. The molecule has 1 amide bonds. The highest BCUT2D eigenvalue weighted by molar-refractivity contribution is 7.91. The second-order valence-electron chi connectivity index (χ2n) is 9.49. The largest absolute Gasteiger partial charge is 0.494 e. The lowest BCUT2D eigenvalue weighted by atomic mass is 9.79. The first-order valence-corrected chi connectivity index (χ1v) is 12.9. The predicted molar refractivity (Wildman–Crippen MR) is 134 cm³/mol. The van der Waals surface area contributed by atoms with Crippen LogP contribution in [-0.2, 0) is 30.5 Å². The Morgan fingerprint density at radius 1 is 0.917 bits per heavy atom. The number of nitrogens with one attached hydrogen (secondary N) is 1. The van der Waals surface area contributed by atoms with Crippen LogP contribution in [0.25, 0.3) is 0 Å². The molecule has 0 bridgehead atoms. The molecule has 1 fully saturated rings. The zero-order chi connectivity index (χ0) is 26.1. The van der Waals surface area contributed by atoms with E-state index in [1.807, 2.05) is 33.8 Å². The molecule has 0 saturated carbocycles. The summed E-state index contributed by atoms with van der Waals surface area (Å²) in [6, 6.07) is 18.5. The van der Waals surface area contributed by atoms with Crippen molar-refractivity contribution in [2.75, 3.05) is 5.32 Å². The number of carbonyl (C=O) groups excluding carboxylic acids is 1. The summed E-state index contributed by atoms with van der Waals surface area (Å²) in [5.41, 5.74) is -0.0495. The first-order valence-electron chi connectivity index (χ1n) is 11.4. The molecule has 36 heavy (non-hydrogen) atoms. The number of halogens is 1. The molecule has 0 radical (unpaired) electrons. The summed E-state index contributed by atoms with van der Waals surface area (Å²) in [6.07, 6.45) is -0.858. The van der Waals surface area contributed by atoms with E-state index in [4.69, 9.17) is 14.0 Å². The van der Waals surface area contributed by atoms with Crippen LogP contribution in [0.5, 0.6) is 0 Å². The van der Waals surface area contributed by atoms with Gasteiger partial charge in [-0.05, 0) is 69.1 Å². The monoisotopic (exact) mass is 511 g/mol. The topological polar surface area (TPSA) is 90.9 Å². The van der Waals surface area contributed by atoms with Gasteiger partial charge in [-0.1, -0.05) is 42.5 Å². The van der Waals surface area contributed by atoms with E-state index in [-0.39, 0.29) is 22.1 Å². The molecule has 1 saturated heterocycles. The maximum Gasteiger partial charge on any atom is 0.494 e. The highest BCUT2D eigenvalue weighted by atomic mass is 32.2. The average Bonchev–Trinajstić information content (AvgIpc) is 3.06. The number of hydrogen-bond donors (Lipinski definition) is 1. The number of carbonyl (C=O) groups is 1. The summed E-state index contributed by atoms with van der Waals surface area (Å²) in [5.74, 6) is -0.908. The fourth-order valence-electron chi connectivity index (χ4n) is 3.58. The van der Waals surface area contributed by atoms with Gasteiger partial charge in [0.15, 0.2) is 0 Å². The summed E-state index contributed by atoms with van der Waals surface area (Å²) in [4.78, 5) is 11.8. The van der Waals surface area contributed by atoms with Crippen LogP contribution in [0.15, 0.2) is 82.6 Å². The lowest BCUT2D eigenvalue weighted by Gasteiger charge is -2.32. The third-order valence-corrected chi connectivity index (χ3v) is 8.14. The van der Waals surface area contributed by atoms with Crippen molar-refractivity contribution in [3.63, 3.8) is 0 Å². The Hall–Kier alpha value is -3.21. The van der Waals surface area contributed by atoms with Gasteiger partial charge in [0, 0.05) is 0 Å². The van der Waals surface area contributed by atoms with Crippen molar-refractivity contribution in [3.05, 3.63) is 84.2 Å². The molecule has 1 aliphatic heterocycles. The first kappa shape index (κ1) is 25.9. The Kier molecular flexibility index (Phi) is 6.96. The zero-order valence-corrected chi connectivity index (χ0v) is 21.3. The lowest BCUT2D eigenvalue weighted by molar-refractivity contribution is 0.00578. The predicted octanol–water partition coefficient (Wildman–Crippen LogP) is 4.71. The smallest absolute Gasteiger partial charge is 0.444 e. The number of hydrogen-bond acceptors (Lipinski definition) is 6. The summed E-state index contributed by atoms with van der Waals surface area (Å²) >= 11 is 0. The Balaban J connectivity index is 1.49. The summed E-state index contributed by atoms with van der Waals surface area (Å²) in [5, 5.41) is 2.30. The molecule has 3 aromatic rings. The van der Waals surface area contributed by atoms with E-state index in [9.17, 15) is 17.6 Å². The number of amides is 1. The van der Waals surface area contributed by atoms with Gasteiger partial charge >= 0.3 is 13.2 Å². The molecule has 0 atom stereocenters. The highest BCUT2D eigenvalue weighted by Gasteiger charge is 2.51. The Bertz CT molecular complexity index is 1360. The Morgan fingerprint density at radius 2 is 1.56 bits per heavy atom. The van der Waals surface area contributed by atoms with E-state index in [2.05, 4.69) is 5.32 Å². The molecule has 188 valence electrons. The van der Waals surface area contributed by atoms with E-state index >= 15 is 0 Å². The van der Waals surface area contributed by atoms with E-state index < -0.39 is 40.1 Å². The normalized spacial score (nSPS) is 16.5. The molecule has 0 aromatic heterocycles. The van der Waals surface area contributed by atoms with Crippen molar-refractivity contribution in [3.8, 4) is 0 Å². The number of anilines is 1. The van der Waals surface area contributed by atoms with Gasteiger partial charge in [-0.2, -0.15) is 0 Å². The molecule has 7 nitrogen and oxygen atoms in total. The third-order valence-electron chi connectivity index (χ3n) is 6.39. The van der Waals surface area contributed by atoms with E-state index in [1.165, 1.54) is 24.3 Å². The molecule has 1 aliphatic rings.